The number of hydrogen-bond donors (Lipinski definition) is 3. The maximum absolute atomic E-state index is 12.3. The predicted octanol–water partition coefficient (Wildman–Crippen LogP) is 2.21. The monoisotopic (exact) mass is 355 g/mol. The highest BCUT2D eigenvalue weighted by Gasteiger charge is 2.17. The van der Waals surface area contributed by atoms with Crippen LogP contribution >= 0.6 is 15.9 Å². The van der Waals surface area contributed by atoms with Crippen molar-refractivity contribution in [2.45, 2.75) is 11.4 Å². The summed E-state index contributed by atoms with van der Waals surface area (Å²) in [4.78, 5) is 0.123. The van der Waals surface area contributed by atoms with Gasteiger partial charge in [-0.1, -0.05) is 40.2 Å². The van der Waals surface area contributed by atoms with Gasteiger partial charge in [-0.3, -0.25) is 5.84 Å². The normalized spacial score (nSPS) is 11.3. The molecule has 0 aliphatic rings. The van der Waals surface area contributed by atoms with Gasteiger partial charge in [-0.2, -0.15) is 0 Å². The molecule has 0 atom stereocenters. The molecular weight excluding hydrogens is 342 g/mol. The van der Waals surface area contributed by atoms with E-state index in [-0.39, 0.29) is 11.4 Å². The molecule has 0 aliphatic carbocycles. The lowest BCUT2D eigenvalue weighted by Gasteiger charge is -2.11. The van der Waals surface area contributed by atoms with Gasteiger partial charge in [0.25, 0.3) is 0 Å². The van der Waals surface area contributed by atoms with Crippen LogP contribution in [-0.4, -0.2) is 8.42 Å². The number of benzene rings is 2. The molecule has 2 aromatic rings. The van der Waals surface area contributed by atoms with E-state index < -0.39 is 10.0 Å². The minimum Gasteiger partial charge on any atom is -0.323 e. The third-order valence-corrected chi connectivity index (χ3v) is 4.64. The molecule has 0 aliphatic heterocycles. The molecule has 0 fully saturated rings. The molecular formula is C13H14BrN3O2S. The van der Waals surface area contributed by atoms with E-state index in [1.807, 2.05) is 24.3 Å². The van der Waals surface area contributed by atoms with Crippen molar-refractivity contribution in [1.82, 2.24) is 4.72 Å². The Hall–Kier alpha value is -1.41. The molecule has 0 amide bonds. The standard InChI is InChI=1S/C13H14BrN3O2S/c14-11-5-3-4-10(8-11)9-16-20(18,19)13-7-2-1-6-12(13)17-15/h1-8,16-17H,9,15H2. The maximum atomic E-state index is 12.3. The van der Waals surface area contributed by atoms with Crippen LogP contribution in [0.2, 0.25) is 0 Å². The van der Waals surface area contributed by atoms with Gasteiger partial charge < -0.3 is 5.43 Å². The van der Waals surface area contributed by atoms with Gasteiger partial charge in [0.1, 0.15) is 4.90 Å². The molecule has 0 saturated carbocycles. The third-order valence-electron chi connectivity index (χ3n) is 2.69. The van der Waals surface area contributed by atoms with E-state index >= 15 is 0 Å². The third kappa shape index (κ3) is 3.57. The first-order valence-electron chi connectivity index (χ1n) is 5.83. The Kier molecular flexibility index (Phi) is 4.77. The molecule has 0 bridgehead atoms. The van der Waals surface area contributed by atoms with Crippen LogP contribution in [0.5, 0.6) is 0 Å². The van der Waals surface area contributed by atoms with E-state index in [1.165, 1.54) is 6.07 Å². The minimum atomic E-state index is -3.62. The number of hydrazine groups is 1. The first-order chi connectivity index (χ1) is 9.53. The molecule has 20 heavy (non-hydrogen) atoms. The summed E-state index contributed by atoms with van der Waals surface area (Å²) >= 11 is 3.35. The fourth-order valence-electron chi connectivity index (χ4n) is 1.72. The fourth-order valence-corrected chi connectivity index (χ4v) is 3.36. The topological polar surface area (TPSA) is 84.2 Å². The lowest BCUT2D eigenvalue weighted by atomic mass is 10.2. The van der Waals surface area contributed by atoms with Gasteiger partial charge in [0.2, 0.25) is 10.0 Å². The Bertz CT molecular complexity index is 704. The van der Waals surface area contributed by atoms with Crippen LogP contribution in [0.25, 0.3) is 0 Å². The molecule has 0 radical (unpaired) electrons. The Morgan fingerprint density at radius 1 is 1.10 bits per heavy atom. The lowest BCUT2D eigenvalue weighted by Crippen LogP contribution is -2.25. The summed E-state index contributed by atoms with van der Waals surface area (Å²) in [5.74, 6) is 5.33. The molecule has 2 rings (SSSR count). The average Bonchev–Trinajstić information content (AvgIpc) is 2.45. The number of rotatable bonds is 5. The molecule has 2 aromatic carbocycles. The quantitative estimate of drug-likeness (QED) is 0.567. The van der Waals surface area contributed by atoms with Gasteiger partial charge in [-0.05, 0) is 29.8 Å². The van der Waals surface area contributed by atoms with E-state index in [2.05, 4.69) is 26.1 Å². The van der Waals surface area contributed by atoms with Crippen LogP contribution in [0.3, 0.4) is 0 Å². The summed E-state index contributed by atoms with van der Waals surface area (Å²) in [6.07, 6.45) is 0. The molecule has 106 valence electrons. The van der Waals surface area contributed by atoms with Crippen LogP contribution in [-0.2, 0) is 16.6 Å². The highest BCUT2D eigenvalue weighted by Crippen LogP contribution is 2.20. The van der Waals surface area contributed by atoms with Crippen LogP contribution in [0.1, 0.15) is 5.56 Å². The van der Waals surface area contributed by atoms with Gasteiger partial charge in [-0.15, -0.1) is 0 Å². The molecule has 0 saturated heterocycles. The molecule has 0 spiro atoms. The fraction of sp³-hybridized carbons (Fsp3) is 0.0769. The summed E-state index contributed by atoms with van der Waals surface area (Å²) in [6.45, 7) is 0.209. The Balaban J connectivity index is 2.19. The van der Waals surface area contributed by atoms with Crippen LogP contribution < -0.4 is 16.0 Å². The molecule has 0 aromatic heterocycles. The molecule has 5 nitrogen and oxygen atoms in total. The minimum absolute atomic E-state index is 0.123. The van der Waals surface area contributed by atoms with E-state index in [9.17, 15) is 8.42 Å². The van der Waals surface area contributed by atoms with Gasteiger partial charge >= 0.3 is 0 Å². The summed E-state index contributed by atoms with van der Waals surface area (Å²) in [6, 6.07) is 13.9. The van der Waals surface area contributed by atoms with E-state index in [0.29, 0.717) is 5.69 Å². The van der Waals surface area contributed by atoms with Crippen molar-refractivity contribution < 1.29 is 8.42 Å². The second-order valence-electron chi connectivity index (χ2n) is 4.09. The Morgan fingerprint density at radius 2 is 1.85 bits per heavy atom. The summed E-state index contributed by atoms with van der Waals surface area (Å²) in [5, 5.41) is 0. The zero-order valence-electron chi connectivity index (χ0n) is 10.5. The van der Waals surface area contributed by atoms with Crippen molar-refractivity contribution in [3.8, 4) is 0 Å². The van der Waals surface area contributed by atoms with Crippen LogP contribution in [0.4, 0.5) is 5.69 Å². The van der Waals surface area contributed by atoms with Crippen molar-refractivity contribution in [2.24, 2.45) is 5.84 Å². The lowest BCUT2D eigenvalue weighted by molar-refractivity contribution is 0.581. The summed E-state index contributed by atoms with van der Waals surface area (Å²) in [7, 11) is -3.62. The van der Waals surface area contributed by atoms with Crippen LogP contribution in [0, 0.1) is 0 Å². The molecule has 4 N–H and O–H groups in total. The number of halogens is 1. The maximum Gasteiger partial charge on any atom is 0.242 e. The van der Waals surface area contributed by atoms with Crippen molar-refractivity contribution in [3.05, 3.63) is 58.6 Å². The molecule has 0 unspecified atom stereocenters. The Labute approximate surface area is 126 Å². The summed E-state index contributed by atoms with van der Waals surface area (Å²) in [5.41, 5.74) is 3.60. The van der Waals surface area contributed by atoms with E-state index in [0.717, 1.165) is 10.0 Å². The molecule has 7 heteroatoms. The largest absolute Gasteiger partial charge is 0.323 e. The highest BCUT2D eigenvalue weighted by molar-refractivity contribution is 9.10. The SMILES string of the molecule is NNc1ccccc1S(=O)(=O)NCc1cccc(Br)c1. The number of nitrogen functional groups attached to an aromatic ring is 1. The first kappa shape index (κ1) is 15.0. The van der Waals surface area contributed by atoms with Gasteiger partial charge in [0, 0.05) is 11.0 Å². The van der Waals surface area contributed by atoms with E-state index in [1.54, 1.807) is 18.2 Å². The van der Waals surface area contributed by atoms with Gasteiger partial charge in [-0.25, -0.2) is 13.1 Å². The summed E-state index contributed by atoms with van der Waals surface area (Å²) < 4.78 is 28.0. The number of sulfonamides is 1. The van der Waals surface area contributed by atoms with Crippen molar-refractivity contribution in [3.63, 3.8) is 0 Å². The molecule has 0 heterocycles. The number of anilines is 1. The van der Waals surface area contributed by atoms with E-state index in [4.69, 9.17) is 5.84 Å². The average molecular weight is 356 g/mol. The van der Waals surface area contributed by atoms with Crippen molar-refractivity contribution in [1.29, 1.82) is 0 Å². The first-order valence-corrected chi connectivity index (χ1v) is 8.10. The number of nitrogens with two attached hydrogens (primary N) is 1. The highest BCUT2D eigenvalue weighted by atomic mass is 79.9. The second-order valence-corrected chi connectivity index (χ2v) is 6.75. The Morgan fingerprint density at radius 3 is 2.55 bits per heavy atom. The predicted molar refractivity (Wildman–Crippen MR) is 82.4 cm³/mol. The smallest absolute Gasteiger partial charge is 0.242 e. The number of hydrogen-bond acceptors (Lipinski definition) is 4. The van der Waals surface area contributed by atoms with Gasteiger partial charge in [0.05, 0.1) is 5.69 Å². The number of para-hydroxylation sites is 1. The second kappa shape index (κ2) is 6.36. The number of nitrogens with one attached hydrogen (secondary N) is 2. The zero-order chi connectivity index (χ0) is 14.6. The van der Waals surface area contributed by atoms with Crippen molar-refractivity contribution in [2.75, 3.05) is 5.43 Å². The van der Waals surface area contributed by atoms with Crippen molar-refractivity contribution >= 4 is 31.6 Å². The zero-order valence-corrected chi connectivity index (χ0v) is 12.9. The van der Waals surface area contributed by atoms with Crippen LogP contribution in [0.15, 0.2) is 57.9 Å². The van der Waals surface area contributed by atoms with Gasteiger partial charge in [0.15, 0.2) is 0 Å².